The molecule has 0 atom stereocenters. The molecule has 1 aliphatic rings. The van der Waals surface area contributed by atoms with E-state index in [0.29, 0.717) is 0 Å². The van der Waals surface area contributed by atoms with Gasteiger partial charge in [0.1, 0.15) is 16.7 Å². The number of nitrogens with zero attached hydrogens (tertiary/aromatic N) is 3. The Balaban J connectivity index is 1.49. The third kappa shape index (κ3) is 3.91. The zero-order valence-electron chi connectivity index (χ0n) is 26.2. The van der Waals surface area contributed by atoms with Crippen molar-refractivity contribution in [1.82, 2.24) is 0 Å². The molecule has 3 nitrogen and oxygen atoms in total. The van der Waals surface area contributed by atoms with Gasteiger partial charge in [-0.3, -0.25) is 0 Å². The summed E-state index contributed by atoms with van der Waals surface area (Å²) in [4.78, 5) is 0. The van der Waals surface area contributed by atoms with E-state index in [9.17, 15) is 0 Å². The number of benzene rings is 6. The molecule has 9 aromatic rings. The molecule has 1 aliphatic heterocycles. The van der Waals surface area contributed by atoms with Crippen molar-refractivity contribution in [2.75, 3.05) is 0 Å². The number of fused-ring (bicyclic) bond motifs is 18. The summed E-state index contributed by atoms with van der Waals surface area (Å²) in [5.74, 6) is 0. The van der Waals surface area contributed by atoms with Crippen LogP contribution < -0.4 is 13.7 Å². The summed E-state index contributed by atoms with van der Waals surface area (Å²) in [7, 11) is 0. The Morgan fingerprint density at radius 2 is 0.521 bits per heavy atom. The fourth-order valence-electron chi connectivity index (χ4n) is 7.73. The molecule has 0 aliphatic carbocycles. The van der Waals surface area contributed by atoms with E-state index in [2.05, 4.69) is 196 Å². The van der Waals surface area contributed by atoms with Crippen LogP contribution in [0.5, 0.6) is 0 Å². The first-order chi connectivity index (χ1) is 23.8. The van der Waals surface area contributed by atoms with Gasteiger partial charge in [-0.15, -0.1) is 0 Å². The lowest BCUT2D eigenvalue weighted by atomic mass is 9.96. The first-order valence-electron chi connectivity index (χ1n) is 16.4. The Labute approximate surface area is 278 Å². The molecule has 10 rings (SSSR count). The van der Waals surface area contributed by atoms with Gasteiger partial charge in [-0.2, -0.15) is 13.7 Å². The second-order valence-electron chi connectivity index (χ2n) is 12.4. The second-order valence-corrected chi connectivity index (χ2v) is 12.4. The van der Waals surface area contributed by atoms with Gasteiger partial charge in [0.05, 0.1) is 16.2 Å². The van der Waals surface area contributed by atoms with E-state index in [1.807, 2.05) is 0 Å². The lowest BCUT2D eigenvalue weighted by Crippen LogP contribution is -2.41. The van der Waals surface area contributed by atoms with Crippen LogP contribution in [0.3, 0.4) is 0 Å². The standard InChI is InChI=1S/C45H30N3/c1-4-16-34-31(13-1)25-28-46-41-23-11-8-20-38(41)44-35-17-5-2-15-33(35)27-30-48(44)42-24-12-9-21-39(42)45-36-18-6-3-14-32(36)26-29-47(45)40-22-10-7-19-37(40)43(34)46/h1-30H/q+3. The largest absolute Gasteiger partial charge is 0.233 e. The number of aromatic nitrogens is 3. The molecular weight excluding hydrogens is 583 g/mol. The molecule has 48 heavy (non-hydrogen) atoms. The molecule has 3 heteroatoms. The van der Waals surface area contributed by atoms with Crippen LogP contribution in [0, 0.1) is 0 Å². The Morgan fingerprint density at radius 3 is 0.854 bits per heavy atom. The van der Waals surface area contributed by atoms with Crippen LogP contribution in [0.4, 0.5) is 0 Å². The first-order valence-corrected chi connectivity index (χ1v) is 16.4. The summed E-state index contributed by atoms with van der Waals surface area (Å²) in [6.07, 6.45) is 6.73. The van der Waals surface area contributed by atoms with Crippen LogP contribution in [0.25, 0.3) is 83.2 Å². The predicted molar refractivity (Wildman–Crippen MR) is 193 cm³/mol. The second kappa shape index (κ2) is 10.5. The highest BCUT2D eigenvalue weighted by Crippen LogP contribution is 2.37. The molecule has 3 aromatic heterocycles. The van der Waals surface area contributed by atoms with E-state index in [1.165, 1.54) is 32.3 Å². The number of hydrogen-bond donors (Lipinski definition) is 0. The normalized spacial score (nSPS) is 11.8. The van der Waals surface area contributed by atoms with Gasteiger partial charge in [0.15, 0.2) is 18.6 Å². The zero-order valence-corrected chi connectivity index (χ0v) is 26.2. The number of pyridine rings is 3. The summed E-state index contributed by atoms with van der Waals surface area (Å²) in [5.41, 5.74) is 10.3. The smallest absolute Gasteiger partial charge is 0.158 e. The minimum Gasteiger partial charge on any atom is -0.158 e. The van der Waals surface area contributed by atoms with Crippen LogP contribution >= 0.6 is 0 Å². The van der Waals surface area contributed by atoms with Crippen molar-refractivity contribution in [2.45, 2.75) is 0 Å². The van der Waals surface area contributed by atoms with Gasteiger partial charge in [-0.05, 0) is 52.6 Å². The summed E-state index contributed by atoms with van der Waals surface area (Å²) in [6.45, 7) is 0. The van der Waals surface area contributed by atoms with Crippen molar-refractivity contribution in [3.05, 3.63) is 182 Å². The van der Waals surface area contributed by atoms with Crippen molar-refractivity contribution < 1.29 is 13.7 Å². The monoisotopic (exact) mass is 612 g/mol. The van der Waals surface area contributed by atoms with E-state index in [0.717, 1.165) is 50.8 Å². The maximum atomic E-state index is 2.40. The number of rotatable bonds is 0. The highest BCUT2D eigenvalue weighted by Gasteiger charge is 2.35. The highest BCUT2D eigenvalue weighted by atomic mass is 15.0. The predicted octanol–water partition coefficient (Wildman–Crippen LogP) is 9.29. The molecule has 6 aromatic carbocycles. The van der Waals surface area contributed by atoms with Gasteiger partial charge in [0, 0.05) is 36.4 Å². The van der Waals surface area contributed by atoms with Gasteiger partial charge < -0.3 is 0 Å². The van der Waals surface area contributed by atoms with Crippen molar-refractivity contribution in [3.63, 3.8) is 0 Å². The lowest BCUT2D eigenvalue weighted by molar-refractivity contribution is -0.596. The molecule has 0 saturated heterocycles. The summed E-state index contributed by atoms with van der Waals surface area (Å²) in [5, 5.41) is 7.22. The van der Waals surface area contributed by atoms with Crippen LogP contribution in [0.2, 0.25) is 0 Å². The van der Waals surface area contributed by atoms with Crippen LogP contribution in [-0.2, 0) is 0 Å². The quantitative estimate of drug-likeness (QED) is 0.151. The zero-order chi connectivity index (χ0) is 31.6. The van der Waals surface area contributed by atoms with E-state index in [1.54, 1.807) is 0 Å². The Morgan fingerprint density at radius 1 is 0.250 bits per heavy atom. The molecule has 0 saturated carbocycles. The summed E-state index contributed by atoms with van der Waals surface area (Å²) in [6, 6.07) is 59.5. The maximum Gasteiger partial charge on any atom is 0.233 e. The van der Waals surface area contributed by atoms with Crippen LogP contribution in [-0.4, -0.2) is 0 Å². The van der Waals surface area contributed by atoms with Gasteiger partial charge in [-0.25, -0.2) is 0 Å². The minimum atomic E-state index is 1.12. The molecule has 0 fully saturated rings. The average molecular weight is 613 g/mol. The maximum absolute atomic E-state index is 2.40. The number of hydrogen-bond acceptors (Lipinski definition) is 0. The lowest BCUT2D eigenvalue weighted by Gasteiger charge is -2.16. The van der Waals surface area contributed by atoms with E-state index < -0.39 is 0 Å². The molecule has 0 radical (unpaired) electrons. The minimum absolute atomic E-state index is 1.12. The van der Waals surface area contributed by atoms with Gasteiger partial charge in [0.25, 0.3) is 0 Å². The SMILES string of the molecule is c1ccc2c(c1)-c1c3ccccc3cc[n+]1-c1ccccc1-c1c3ccccc3cc[n+]1-c1ccccc1-c1c3ccccc3cc[n+]1-2. The van der Waals surface area contributed by atoms with E-state index in [4.69, 9.17) is 0 Å². The van der Waals surface area contributed by atoms with E-state index >= 15 is 0 Å². The van der Waals surface area contributed by atoms with Crippen molar-refractivity contribution >= 4 is 32.3 Å². The van der Waals surface area contributed by atoms with Gasteiger partial charge in [0.2, 0.25) is 34.1 Å². The van der Waals surface area contributed by atoms with Crippen molar-refractivity contribution in [3.8, 4) is 50.8 Å². The molecule has 0 spiro atoms. The summed E-state index contributed by atoms with van der Waals surface area (Å²) < 4.78 is 7.20. The Hall–Kier alpha value is -6.45. The topological polar surface area (TPSA) is 11.6 Å². The van der Waals surface area contributed by atoms with E-state index in [-0.39, 0.29) is 0 Å². The highest BCUT2D eigenvalue weighted by molar-refractivity contribution is 5.98. The number of para-hydroxylation sites is 3. The molecule has 4 heterocycles. The molecule has 0 bridgehead atoms. The third-order valence-electron chi connectivity index (χ3n) is 9.84. The Bertz CT molecular complexity index is 2440. The first kappa shape index (κ1) is 26.7. The average Bonchev–Trinajstić information content (AvgIpc) is 3.16. The van der Waals surface area contributed by atoms with Crippen molar-refractivity contribution in [2.24, 2.45) is 0 Å². The molecule has 0 amide bonds. The van der Waals surface area contributed by atoms with Crippen molar-refractivity contribution in [1.29, 1.82) is 0 Å². The fraction of sp³-hybridized carbons (Fsp3) is 0. The summed E-state index contributed by atoms with van der Waals surface area (Å²) >= 11 is 0. The third-order valence-corrected chi connectivity index (χ3v) is 9.84. The van der Waals surface area contributed by atoms with Crippen LogP contribution in [0.15, 0.2) is 182 Å². The Kier molecular flexibility index (Phi) is 5.87. The van der Waals surface area contributed by atoms with Gasteiger partial charge in [-0.1, -0.05) is 91.0 Å². The van der Waals surface area contributed by atoms with Crippen LogP contribution in [0.1, 0.15) is 0 Å². The molecule has 0 N–H and O–H groups in total. The fourth-order valence-corrected chi connectivity index (χ4v) is 7.73. The van der Waals surface area contributed by atoms with Gasteiger partial charge >= 0.3 is 0 Å². The molecular formula is C45H30N3+3. The molecule has 222 valence electrons. The molecule has 0 unspecified atom stereocenters.